The van der Waals surface area contributed by atoms with Crippen LogP contribution in [-0.4, -0.2) is 0 Å². The Morgan fingerprint density at radius 1 is 0.900 bits per heavy atom. The third kappa shape index (κ3) is 3.13. The summed E-state index contributed by atoms with van der Waals surface area (Å²) < 4.78 is 0. The van der Waals surface area contributed by atoms with Crippen LogP contribution in [0.2, 0.25) is 0 Å². The van der Waals surface area contributed by atoms with E-state index in [0.717, 1.165) is 17.5 Å². The highest BCUT2D eigenvalue weighted by Gasteiger charge is 1.99. The average Bonchev–Trinajstić information content (AvgIpc) is 2.53. The lowest BCUT2D eigenvalue weighted by molar-refractivity contribution is 1.14. The molecule has 0 amide bonds. The lowest BCUT2D eigenvalue weighted by Gasteiger charge is -2.04. The van der Waals surface area contributed by atoms with Crippen molar-refractivity contribution >= 4 is 6.08 Å². The summed E-state index contributed by atoms with van der Waals surface area (Å²) in [5.41, 5.74) is 4.59. The Labute approximate surface area is 119 Å². The average molecular weight is 258 g/mol. The van der Waals surface area contributed by atoms with Crippen molar-refractivity contribution in [1.29, 1.82) is 10.5 Å². The summed E-state index contributed by atoms with van der Waals surface area (Å²) in [5, 5.41) is 17.5. The van der Waals surface area contributed by atoms with Gasteiger partial charge in [0.05, 0.1) is 0 Å². The third-order valence-corrected chi connectivity index (χ3v) is 3.16. The number of hydrogen-bond donors (Lipinski definition) is 0. The SMILES string of the molecule is CCc1ccc(-c2ccc(C=C(C#N)C#N)cc2)cc1. The molecule has 96 valence electrons. The zero-order valence-electron chi connectivity index (χ0n) is 11.3. The van der Waals surface area contributed by atoms with Crippen LogP contribution < -0.4 is 0 Å². The van der Waals surface area contributed by atoms with Gasteiger partial charge in [0.25, 0.3) is 0 Å². The minimum absolute atomic E-state index is 0.116. The molecule has 0 atom stereocenters. The van der Waals surface area contributed by atoms with Crippen LogP contribution in [0, 0.1) is 22.7 Å². The first-order valence-corrected chi connectivity index (χ1v) is 6.48. The predicted molar refractivity (Wildman–Crippen MR) is 80.5 cm³/mol. The number of benzene rings is 2. The Kier molecular flexibility index (Phi) is 4.32. The molecule has 2 aromatic rings. The number of nitriles is 2. The van der Waals surface area contributed by atoms with Gasteiger partial charge in [-0.25, -0.2) is 0 Å². The van der Waals surface area contributed by atoms with Crippen LogP contribution in [0.15, 0.2) is 54.1 Å². The first-order chi connectivity index (χ1) is 9.76. The van der Waals surface area contributed by atoms with Crippen LogP contribution in [0.1, 0.15) is 18.1 Å². The molecule has 0 radical (unpaired) electrons. The van der Waals surface area contributed by atoms with Gasteiger partial charge in [0.2, 0.25) is 0 Å². The normalized spacial score (nSPS) is 9.35. The molecule has 2 aromatic carbocycles. The molecule has 2 heteroatoms. The van der Waals surface area contributed by atoms with Crippen LogP contribution in [-0.2, 0) is 6.42 Å². The summed E-state index contributed by atoms with van der Waals surface area (Å²) in [5.74, 6) is 0. The zero-order valence-corrected chi connectivity index (χ0v) is 11.3. The van der Waals surface area contributed by atoms with Crippen LogP contribution in [0.5, 0.6) is 0 Å². The van der Waals surface area contributed by atoms with Gasteiger partial charge in [-0.05, 0) is 34.8 Å². The molecular formula is C18H14N2. The van der Waals surface area contributed by atoms with E-state index < -0.39 is 0 Å². The van der Waals surface area contributed by atoms with E-state index in [1.54, 1.807) is 6.08 Å². The van der Waals surface area contributed by atoms with Crippen LogP contribution in [0.25, 0.3) is 17.2 Å². The fourth-order valence-electron chi connectivity index (χ4n) is 1.96. The fourth-order valence-corrected chi connectivity index (χ4v) is 1.96. The van der Waals surface area contributed by atoms with Crippen molar-refractivity contribution in [3.05, 3.63) is 65.2 Å². The highest BCUT2D eigenvalue weighted by molar-refractivity contribution is 5.68. The van der Waals surface area contributed by atoms with Gasteiger partial charge in [-0.15, -0.1) is 0 Å². The van der Waals surface area contributed by atoms with E-state index in [0.29, 0.717) is 0 Å². The highest BCUT2D eigenvalue weighted by atomic mass is 14.3. The number of hydrogen-bond acceptors (Lipinski definition) is 2. The van der Waals surface area contributed by atoms with Gasteiger partial charge in [-0.1, -0.05) is 55.5 Å². The summed E-state index contributed by atoms with van der Waals surface area (Å²) in [7, 11) is 0. The molecule has 0 saturated heterocycles. The van der Waals surface area contributed by atoms with Gasteiger partial charge < -0.3 is 0 Å². The maximum Gasteiger partial charge on any atom is 0.130 e. The molecule has 0 fully saturated rings. The first kappa shape index (κ1) is 13.6. The fraction of sp³-hybridized carbons (Fsp3) is 0.111. The van der Waals surface area contributed by atoms with Crippen molar-refractivity contribution in [2.45, 2.75) is 13.3 Å². The second-order valence-electron chi connectivity index (χ2n) is 4.45. The van der Waals surface area contributed by atoms with E-state index >= 15 is 0 Å². The number of aryl methyl sites for hydroxylation is 1. The molecule has 0 aliphatic heterocycles. The minimum Gasteiger partial charge on any atom is -0.192 e. The van der Waals surface area contributed by atoms with Crippen molar-refractivity contribution in [2.24, 2.45) is 0 Å². The molecule has 20 heavy (non-hydrogen) atoms. The van der Waals surface area contributed by atoms with Crippen molar-refractivity contribution in [1.82, 2.24) is 0 Å². The van der Waals surface area contributed by atoms with E-state index in [1.165, 1.54) is 11.1 Å². The quantitative estimate of drug-likeness (QED) is 0.768. The van der Waals surface area contributed by atoms with Gasteiger partial charge in [0, 0.05) is 0 Å². The molecule has 0 aromatic heterocycles. The summed E-state index contributed by atoms with van der Waals surface area (Å²) in [6.45, 7) is 2.14. The van der Waals surface area contributed by atoms with E-state index in [-0.39, 0.29) is 5.57 Å². The third-order valence-electron chi connectivity index (χ3n) is 3.16. The lowest BCUT2D eigenvalue weighted by Crippen LogP contribution is -1.82. The van der Waals surface area contributed by atoms with Gasteiger partial charge in [-0.2, -0.15) is 10.5 Å². The molecule has 0 unspecified atom stereocenters. The molecule has 0 spiro atoms. The molecule has 0 aliphatic carbocycles. The summed E-state index contributed by atoms with van der Waals surface area (Å²) in [4.78, 5) is 0. The Hall–Kier alpha value is -2.84. The van der Waals surface area contributed by atoms with Crippen molar-refractivity contribution in [3.63, 3.8) is 0 Å². The van der Waals surface area contributed by atoms with Crippen molar-refractivity contribution < 1.29 is 0 Å². The Morgan fingerprint density at radius 2 is 1.40 bits per heavy atom. The number of allylic oxidation sites excluding steroid dienone is 1. The monoisotopic (exact) mass is 258 g/mol. The lowest BCUT2D eigenvalue weighted by atomic mass is 10.0. The van der Waals surface area contributed by atoms with Gasteiger partial charge in [0.15, 0.2) is 0 Å². The first-order valence-electron chi connectivity index (χ1n) is 6.48. The molecule has 0 heterocycles. The van der Waals surface area contributed by atoms with E-state index in [9.17, 15) is 0 Å². The predicted octanol–water partition coefficient (Wildman–Crippen LogP) is 4.35. The van der Waals surface area contributed by atoms with Crippen LogP contribution in [0.4, 0.5) is 0 Å². The Bertz CT molecular complexity index is 677. The largest absolute Gasteiger partial charge is 0.192 e. The van der Waals surface area contributed by atoms with Crippen molar-refractivity contribution in [2.75, 3.05) is 0 Å². The van der Waals surface area contributed by atoms with Gasteiger partial charge in [-0.3, -0.25) is 0 Å². The smallest absolute Gasteiger partial charge is 0.130 e. The molecule has 2 rings (SSSR count). The Morgan fingerprint density at radius 3 is 1.85 bits per heavy atom. The molecule has 0 saturated carbocycles. The van der Waals surface area contributed by atoms with Crippen LogP contribution >= 0.6 is 0 Å². The van der Waals surface area contributed by atoms with E-state index in [1.807, 2.05) is 36.4 Å². The maximum absolute atomic E-state index is 8.73. The van der Waals surface area contributed by atoms with Crippen LogP contribution in [0.3, 0.4) is 0 Å². The molecule has 2 nitrogen and oxygen atoms in total. The summed E-state index contributed by atoms with van der Waals surface area (Å²) in [6, 6.07) is 20.0. The van der Waals surface area contributed by atoms with Crippen molar-refractivity contribution in [3.8, 4) is 23.3 Å². The number of nitrogens with zero attached hydrogens (tertiary/aromatic N) is 2. The Balaban J connectivity index is 2.26. The molecular weight excluding hydrogens is 244 g/mol. The van der Waals surface area contributed by atoms with Gasteiger partial charge in [0.1, 0.15) is 17.7 Å². The molecule has 0 aliphatic rings. The second kappa shape index (κ2) is 6.36. The van der Waals surface area contributed by atoms with E-state index in [4.69, 9.17) is 10.5 Å². The molecule has 0 bridgehead atoms. The van der Waals surface area contributed by atoms with Gasteiger partial charge >= 0.3 is 0 Å². The number of rotatable bonds is 3. The highest BCUT2D eigenvalue weighted by Crippen LogP contribution is 2.21. The summed E-state index contributed by atoms with van der Waals surface area (Å²) >= 11 is 0. The zero-order chi connectivity index (χ0) is 14.4. The molecule has 0 N–H and O–H groups in total. The minimum atomic E-state index is 0.116. The second-order valence-corrected chi connectivity index (χ2v) is 4.45. The topological polar surface area (TPSA) is 47.6 Å². The van der Waals surface area contributed by atoms with E-state index in [2.05, 4.69) is 31.2 Å². The summed E-state index contributed by atoms with van der Waals surface area (Å²) in [6.07, 6.45) is 2.62. The standard InChI is InChI=1S/C18H14N2/c1-2-14-3-7-17(8-4-14)18-9-5-15(6-10-18)11-16(12-19)13-20/h3-11H,2H2,1H3. The maximum atomic E-state index is 8.73.